The van der Waals surface area contributed by atoms with Crippen LogP contribution in [0.2, 0.25) is 10.0 Å². The fraction of sp³-hybridized carbons (Fsp3) is 0.238. The molecule has 2 amide bonds. The fourth-order valence-corrected chi connectivity index (χ4v) is 3.31. The Morgan fingerprint density at radius 3 is 2.03 bits per heavy atom. The summed E-state index contributed by atoms with van der Waals surface area (Å²) in [5.41, 5.74) is 0.111. The van der Waals surface area contributed by atoms with Crippen molar-refractivity contribution in [1.29, 1.82) is 0 Å². The van der Waals surface area contributed by atoms with E-state index in [1.165, 1.54) is 23.1 Å². The van der Waals surface area contributed by atoms with Crippen molar-refractivity contribution in [3.8, 4) is 0 Å². The zero-order valence-electron chi connectivity index (χ0n) is 15.6. The molecule has 0 unspecified atom stereocenters. The minimum Gasteiger partial charge on any atom is -0.336 e. The van der Waals surface area contributed by atoms with E-state index < -0.39 is 11.7 Å². The molecule has 3 rings (SSSR count). The molecule has 158 valence electrons. The van der Waals surface area contributed by atoms with Gasteiger partial charge in [0.2, 0.25) is 5.91 Å². The molecule has 0 atom stereocenters. The van der Waals surface area contributed by atoms with Gasteiger partial charge in [-0.1, -0.05) is 29.3 Å². The van der Waals surface area contributed by atoms with Crippen LogP contribution in [0.5, 0.6) is 0 Å². The Kier molecular flexibility index (Phi) is 6.73. The first-order chi connectivity index (χ1) is 14.1. The summed E-state index contributed by atoms with van der Waals surface area (Å²) in [7, 11) is 0. The van der Waals surface area contributed by atoms with Crippen LogP contribution in [-0.2, 0) is 11.0 Å². The van der Waals surface area contributed by atoms with Crippen LogP contribution in [0.1, 0.15) is 21.5 Å². The molecule has 1 saturated heterocycles. The Balaban J connectivity index is 1.56. The average molecular weight is 457 g/mol. The van der Waals surface area contributed by atoms with E-state index in [4.69, 9.17) is 23.2 Å². The summed E-state index contributed by atoms with van der Waals surface area (Å²) in [5, 5.41) is 0.815. The van der Waals surface area contributed by atoms with Gasteiger partial charge in [0, 0.05) is 37.8 Å². The van der Waals surface area contributed by atoms with Gasteiger partial charge in [-0.2, -0.15) is 13.2 Å². The van der Waals surface area contributed by atoms with Crippen molar-refractivity contribution in [2.45, 2.75) is 6.18 Å². The predicted octanol–water partition coefficient (Wildman–Crippen LogP) is 5.01. The summed E-state index contributed by atoms with van der Waals surface area (Å²) in [6.07, 6.45) is -1.39. The van der Waals surface area contributed by atoms with Crippen LogP contribution in [0.3, 0.4) is 0 Å². The van der Waals surface area contributed by atoms with Gasteiger partial charge in [-0.25, -0.2) is 0 Å². The second-order valence-corrected chi connectivity index (χ2v) is 7.51. The summed E-state index contributed by atoms with van der Waals surface area (Å²) in [6, 6.07) is 9.14. The highest BCUT2D eigenvalue weighted by molar-refractivity contribution is 6.42. The highest BCUT2D eigenvalue weighted by atomic mass is 35.5. The average Bonchev–Trinajstić information content (AvgIpc) is 2.73. The van der Waals surface area contributed by atoms with Gasteiger partial charge in [0.25, 0.3) is 5.91 Å². The van der Waals surface area contributed by atoms with E-state index in [0.29, 0.717) is 36.2 Å². The number of hydrogen-bond donors (Lipinski definition) is 0. The number of alkyl halides is 3. The van der Waals surface area contributed by atoms with Crippen LogP contribution in [0.15, 0.2) is 48.5 Å². The van der Waals surface area contributed by atoms with Crippen molar-refractivity contribution in [1.82, 2.24) is 9.80 Å². The van der Waals surface area contributed by atoms with Gasteiger partial charge in [0.05, 0.1) is 15.6 Å². The molecule has 1 aliphatic rings. The third-order valence-corrected chi connectivity index (χ3v) is 5.44. The molecule has 9 heteroatoms. The minimum absolute atomic E-state index is 0.183. The maximum absolute atomic E-state index is 12.7. The van der Waals surface area contributed by atoms with Crippen molar-refractivity contribution < 1.29 is 22.8 Å². The van der Waals surface area contributed by atoms with Crippen LogP contribution < -0.4 is 0 Å². The number of carbonyl (C=O) groups excluding carboxylic acids is 2. The molecule has 1 fully saturated rings. The highest BCUT2D eigenvalue weighted by Gasteiger charge is 2.31. The van der Waals surface area contributed by atoms with E-state index in [-0.39, 0.29) is 17.4 Å². The Labute approximate surface area is 181 Å². The topological polar surface area (TPSA) is 40.6 Å². The summed E-state index contributed by atoms with van der Waals surface area (Å²) in [6.45, 7) is 1.26. The van der Waals surface area contributed by atoms with Crippen molar-refractivity contribution in [2.75, 3.05) is 26.2 Å². The van der Waals surface area contributed by atoms with Crippen LogP contribution in [0.4, 0.5) is 13.2 Å². The molecule has 30 heavy (non-hydrogen) atoms. The molecule has 0 aliphatic carbocycles. The van der Waals surface area contributed by atoms with E-state index in [1.54, 1.807) is 29.2 Å². The number of amides is 2. The summed E-state index contributed by atoms with van der Waals surface area (Å²) in [4.78, 5) is 28.0. The second kappa shape index (κ2) is 9.10. The van der Waals surface area contributed by atoms with Gasteiger partial charge in [0.15, 0.2) is 0 Å². The molecule has 2 aromatic rings. The number of halogens is 5. The number of rotatable bonds is 3. The monoisotopic (exact) mass is 456 g/mol. The molecule has 0 spiro atoms. The molecule has 0 bridgehead atoms. The first-order valence-electron chi connectivity index (χ1n) is 9.04. The van der Waals surface area contributed by atoms with E-state index >= 15 is 0 Å². The molecule has 1 heterocycles. The number of piperazine rings is 1. The molecule has 0 N–H and O–H groups in total. The number of carbonyl (C=O) groups is 2. The highest BCUT2D eigenvalue weighted by Crippen LogP contribution is 2.29. The number of benzene rings is 2. The standard InChI is InChI=1S/C21H17Cl2F3N2O2/c22-17-7-1-14(13-18(17)23)2-8-19(29)27-9-11-28(12-10-27)20(30)15-3-5-16(6-4-15)21(24,25)26/h1-8,13H,9-12H2/b8-2+. The Morgan fingerprint density at radius 1 is 0.867 bits per heavy atom. The van der Waals surface area contributed by atoms with Gasteiger partial charge in [-0.3, -0.25) is 9.59 Å². The first kappa shape index (κ1) is 22.2. The van der Waals surface area contributed by atoms with E-state index in [9.17, 15) is 22.8 Å². The number of hydrogen-bond acceptors (Lipinski definition) is 2. The molecular weight excluding hydrogens is 440 g/mol. The zero-order chi connectivity index (χ0) is 21.9. The van der Waals surface area contributed by atoms with Crippen LogP contribution in [0.25, 0.3) is 6.08 Å². The molecule has 1 aliphatic heterocycles. The SMILES string of the molecule is O=C(/C=C/c1ccc(Cl)c(Cl)c1)N1CCN(C(=O)c2ccc(C(F)(F)F)cc2)CC1. The number of nitrogens with zero attached hydrogens (tertiary/aromatic N) is 2. The zero-order valence-corrected chi connectivity index (χ0v) is 17.1. The Hall–Kier alpha value is -2.51. The molecular formula is C21H17Cl2F3N2O2. The van der Waals surface area contributed by atoms with Gasteiger partial charge in [-0.15, -0.1) is 0 Å². The minimum atomic E-state index is -4.45. The van der Waals surface area contributed by atoms with Crippen molar-refractivity contribution in [2.24, 2.45) is 0 Å². The molecule has 0 aromatic heterocycles. The van der Waals surface area contributed by atoms with Gasteiger partial charge < -0.3 is 9.80 Å². The van der Waals surface area contributed by atoms with E-state index in [1.807, 2.05) is 0 Å². The van der Waals surface area contributed by atoms with Gasteiger partial charge >= 0.3 is 6.18 Å². The van der Waals surface area contributed by atoms with Crippen molar-refractivity contribution in [3.63, 3.8) is 0 Å². The van der Waals surface area contributed by atoms with E-state index in [0.717, 1.165) is 17.7 Å². The maximum Gasteiger partial charge on any atom is 0.416 e. The lowest BCUT2D eigenvalue weighted by atomic mass is 10.1. The Morgan fingerprint density at radius 2 is 1.47 bits per heavy atom. The molecule has 0 saturated carbocycles. The smallest absolute Gasteiger partial charge is 0.336 e. The summed E-state index contributed by atoms with van der Waals surface area (Å²) < 4.78 is 38.0. The lowest BCUT2D eigenvalue weighted by Crippen LogP contribution is -2.50. The quantitative estimate of drug-likeness (QED) is 0.609. The van der Waals surface area contributed by atoms with E-state index in [2.05, 4.69) is 0 Å². The van der Waals surface area contributed by atoms with Gasteiger partial charge in [0.1, 0.15) is 0 Å². The maximum atomic E-state index is 12.7. The van der Waals surface area contributed by atoms with Crippen molar-refractivity contribution >= 4 is 41.1 Å². The lowest BCUT2D eigenvalue weighted by molar-refractivity contribution is -0.137. The normalized spacial score (nSPS) is 15.0. The molecule has 0 radical (unpaired) electrons. The first-order valence-corrected chi connectivity index (χ1v) is 9.79. The van der Waals surface area contributed by atoms with Gasteiger partial charge in [-0.05, 0) is 48.0 Å². The third kappa shape index (κ3) is 5.34. The van der Waals surface area contributed by atoms with Crippen molar-refractivity contribution in [3.05, 3.63) is 75.3 Å². The van der Waals surface area contributed by atoms with Crippen LogP contribution in [0, 0.1) is 0 Å². The predicted molar refractivity (Wildman–Crippen MR) is 109 cm³/mol. The molecule has 2 aromatic carbocycles. The second-order valence-electron chi connectivity index (χ2n) is 6.70. The Bertz CT molecular complexity index is 967. The molecule has 4 nitrogen and oxygen atoms in total. The van der Waals surface area contributed by atoms with Crippen LogP contribution >= 0.6 is 23.2 Å². The fourth-order valence-electron chi connectivity index (χ4n) is 3.00. The summed E-state index contributed by atoms with van der Waals surface area (Å²) in [5.74, 6) is -0.565. The lowest BCUT2D eigenvalue weighted by Gasteiger charge is -2.34. The van der Waals surface area contributed by atoms with Crippen LogP contribution in [-0.4, -0.2) is 47.8 Å². The summed E-state index contributed by atoms with van der Waals surface area (Å²) >= 11 is 11.8. The third-order valence-electron chi connectivity index (χ3n) is 4.70. The largest absolute Gasteiger partial charge is 0.416 e.